The zero-order chi connectivity index (χ0) is 20.3. The molecule has 0 fully saturated rings. The Balaban J connectivity index is 0.000000485. The van der Waals surface area contributed by atoms with Crippen LogP contribution >= 0.6 is 0 Å². The van der Waals surface area contributed by atoms with Crippen LogP contribution in [0.25, 0.3) is 0 Å². The van der Waals surface area contributed by atoms with Gasteiger partial charge in [-0.2, -0.15) is 0 Å². The fourth-order valence-electron chi connectivity index (χ4n) is 1.37. The Morgan fingerprint density at radius 1 is 0.808 bits per heavy atom. The molecule has 0 bridgehead atoms. The minimum Gasteiger partial charge on any atom is -0.478 e. The molecule has 0 amide bonds. The Hall–Kier alpha value is -3.42. The van der Waals surface area contributed by atoms with Crippen molar-refractivity contribution in [2.24, 2.45) is 0 Å². The molecule has 0 saturated heterocycles. The van der Waals surface area contributed by atoms with Crippen LogP contribution in [0.4, 0.5) is 0 Å². The number of rotatable bonds is 7. The lowest BCUT2D eigenvalue weighted by molar-refractivity contribution is -0.147. The van der Waals surface area contributed by atoms with Gasteiger partial charge in [-0.1, -0.05) is 25.3 Å². The number of carboxylic acids is 2. The molecule has 1 aromatic carbocycles. The van der Waals surface area contributed by atoms with Crippen molar-refractivity contribution >= 4 is 23.9 Å². The first-order chi connectivity index (χ1) is 12.1. The highest BCUT2D eigenvalue weighted by molar-refractivity contribution is 6.01. The fourth-order valence-corrected chi connectivity index (χ4v) is 1.37. The predicted octanol–water partition coefficient (Wildman–Crippen LogP) is 2.31. The molecule has 0 aliphatic rings. The highest BCUT2D eigenvalue weighted by atomic mass is 16.6. The van der Waals surface area contributed by atoms with Crippen molar-refractivity contribution in [3.8, 4) is 0 Å². The fraction of sp³-hybridized carbons (Fsp3) is 0.222. The summed E-state index contributed by atoms with van der Waals surface area (Å²) in [6, 6.07) is 5.48. The van der Waals surface area contributed by atoms with Gasteiger partial charge in [0.05, 0.1) is 11.1 Å². The summed E-state index contributed by atoms with van der Waals surface area (Å²) in [5.74, 6) is -3.44. The minimum atomic E-state index is -1.23. The first-order valence-electron chi connectivity index (χ1n) is 7.28. The van der Waals surface area contributed by atoms with Crippen molar-refractivity contribution in [3.63, 3.8) is 0 Å². The van der Waals surface area contributed by atoms with Gasteiger partial charge in [0.15, 0.2) is 0 Å². The Morgan fingerprint density at radius 2 is 1.12 bits per heavy atom. The van der Waals surface area contributed by atoms with Crippen molar-refractivity contribution in [3.05, 3.63) is 59.7 Å². The Bertz CT molecular complexity index is 657. The van der Waals surface area contributed by atoms with Gasteiger partial charge < -0.3 is 19.7 Å². The highest BCUT2D eigenvalue weighted by Gasteiger charge is 2.13. The number of benzene rings is 1. The Labute approximate surface area is 150 Å². The second kappa shape index (κ2) is 11.2. The maximum atomic E-state index is 10.8. The van der Waals surface area contributed by atoms with Gasteiger partial charge in [0.25, 0.3) is 0 Å². The first-order valence-corrected chi connectivity index (χ1v) is 7.28. The number of esters is 2. The molecular formula is C18H20O8. The summed E-state index contributed by atoms with van der Waals surface area (Å²) in [5, 5.41) is 17.1. The van der Waals surface area contributed by atoms with Gasteiger partial charge in [0, 0.05) is 11.1 Å². The van der Waals surface area contributed by atoms with Crippen LogP contribution in [0.5, 0.6) is 0 Å². The summed E-state index contributed by atoms with van der Waals surface area (Å²) in [6.45, 7) is 9.95. The lowest BCUT2D eigenvalue weighted by Crippen LogP contribution is -2.14. The zero-order valence-electron chi connectivity index (χ0n) is 14.5. The second-order valence-electron chi connectivity index (χ2n) is 4.99. The lowest BCUT2D eigenvalue weighted by Gasteiger charge is -2.05. The topological polar surface area (TPSA) is 127 Å². The molecule has 0 heterocycles. The normalized spacial score (nSPS) is 9.15. The van der Waals surface area contributed by atoms with Crippen LogP contribution in [0.1, 0.15) is 34.6 Å². The standard InChI is InChI=1S/C10H14O4.C8H6O4/c1-7(2)9(11)13-5-6-14-10(12)8(3)4;9-7(10)5-3-1-2-4-6(5)8(11)12/h1,3,5-6H2,2,4H3;1-4H,(H,9,10)(H,11,12). The molecule has 0 radical (unpaired) electrons. The van der Waals surface area contributed by atoms with Crippen LogP contribution in [0, 0.1) is 0 Å². The van der Waals surface area contributed by atoms with Crippen LogP contribution in [-0.2, 0) is 19.1 Å². The SMILES string of the molecule is C=C(C)C(=O)OCCOC(=O)C(=C)C.O=C(O)c1ccccc1C(=O)O. The monoisotopic (exact) mass is 364 g/mol. The van der Waals surface area contributed by atoms with E-state index in [0.717, 1.165) is 0 Å². The largest absolute Gasteiger partial charge is 0.478 e. The number of carbonyl (C=O) groups excluding carboxylic acids is 2. The highest BCUT2D eigenvalue weighted by Crippen LogP contribution is 2.07. The molecule has 0 unspecified atom stereocenters. The van der Waals surface area contributed by atoms with E-state index in [0.29, 0.717) is 11.1 Å². The van der Waals surface area contributed by atoms with Crippen LogP contribution < -0.4 is 0 Å². The van der Waals surface area contributed by atoms with Crippen molar-refractivity contribution in [2.75, 3.05) is 13.2 Å². The van der Waals surface area contributed by atoms with E-state index in [-0.39, 0.29) is 24.3 Å². The van der Waals surface area contributed by atoms with E-state index in [9.17, 15) is 19.2 Å². The van der Waals surface area contributed by atoms with Crippen LogP contribution in [0.15, 0.2) is 48.6 Å². The van der Waals surface area contributed by atoms with Gasteiger partial charge in [-0.05, 0) is 26.0 Å². The van der Waals surface area contributed by atoms with Crippen LogP contribution in [0.3, 0.4) is 0 Å². The Morgan fingerprint density at radius 3 is 1.35 bits per heavy atom. The lowest BCUT2D eigenvalue weighted by atomic mass is 10.1. The summed E-state index contributed by atoms with van der Waals surface area (Å²) in [5.41, 5.74) is 0.252. The van der Waals surface area contributed by atoms with Gasteiger partial charge in [-0.3, -0.25) is 0 Å². The van der Waals surface area contributed by atoms with Crippen LogP contribution in [0.2, 0.25) is 0 Å². The summed E-state index contributed by atoms with van der Waals surface area (Å²) in [7, 11) is 0. The van der Waals surface area contributed by atoms with E-state index in [1.807, 2.05) is 0 Å². The molecule has 2 N–H and O–H groups in total. The molecule has 0 saturated carbocycles. The molecule has 0 aromatic heterocycles. The molecule has 26 heavy (non-hydrogen) atoms. The van der Waals surface area contributed by atoms with Crippen molar-refractivity contribution in [1.29, 1.82) is 0 Å². The third-order valence-corrected chi connectivity index (χ3v) is 2.63. The molecule has 0 aliphatic heterocycles. The number of ether oxygens (including phenoxy) is 2. The molecule has 1 aromatic rings. The van der Waals surface area contributed by atoms with Crippen molar-refractivity contribution < 1.29 is 38.9 Å². The maximum absolute atomic E-state index is 10.8. The number of carboxylic acid groups (broad SMARTS) is 2. The summed E-state index contributed by atoms with van der Waals surface area (Å²) >= 11 is 0. The molecule has 0 atom stereocenters. The number of hydrogen-bond donors (Lipinski definition) is 2. The van der Waals surface area contributed by atoms with Crippen LogP contribution in [-0.4, -0.2) is 47.3 Å². The van der Waals surface area contributed by atoms with Gasteiger partial charge in [0.2, 0.25) is 0 Å². The first kappa shape index (κ1) is 22.6. The number of aromatic carboxylic acids is 2. The summed E-state index contributed by atoms with van der Waals surface area (Å²) in [4.78, 5) is 42.6. The zero-order valence-corrected chi connectivity index (χ0v) is 14.5. The molecule has 140 valence electrons. The average Bonchev–Trinajstić information content (AvgIpc) is 2.58. The van der Waals surface area contributed by atoms with E-state index >= 15 is 0 Å². The molecule has 8 nitrogen and oxygen atoms in total. The van der Waals surface area contributed by atoms with E-state index < -0.39 is 23.9 Å². The van der Waals surface area contributed by atoms with Crippen molar-refractivity contribution in [1.82, 2.24) is 0 Å². The summed E-state index contributed by atoms with van der Waals surface area (Å²) in [6.07, 6.45) is 0. The van der Waals surface area contributed by atoms with E-state index in [4.69, 9.17) is 10.2 Å². The smallest absolute Gasteiger partial charge is 0.336 e. The molecule has 1 rings (SSSR count). The van der Waals surface area contributed by atoms with Gasteiger partial charge in [-0.15, -0.1) is 0 Å². The Kier molecular flexibility index (Phi) is 9.72. The second-order valence-corrected chi connectivity index (χ2v) is 4.99. The maximum Gasteiger partial charge on any atom is 0.336 e. The van der Waals surface area contributed by atoms with Gasteiger partial charge in [-0.25, -0.2) is 19.2 Å². The summed E-state index contributed by atoms with van der Waals surface area (Å²) < 4.78 is 9.38. The van der Waals surface area contributed by atoms with E-state index in [1.165, 1.54) is 24.3 Å². The molecule has 8 heteroatoms. The predicted molar refractivity (Wildman–Crippen MR) is 91.9 cm³/mol. The third kappa shape index (κ3) is 8.44. The number of carbonyl (C=O) groups is 4. The number of hydrogen-bond acceptors (Lipinski definition) is 6. The average molecular weight is 364 g/mol. The molecular weight excluding hydrogens is 344 g/mol. The van der Waals surface area contributed by atoms with E-state index in [2.05, 4.69) is 22.6 Å². The quantitative estimate of drug-likeness (QED) is 0.429. The van der Waals surface area contributed by atoms with Gasteiger partial charge >= 0.3 is 23.9 Å². The minimum absolute atomic E-state index is 0.0325. The van der Waals surface area contributed by atoms with Gasteiger partial charge in [0.1, 0.15) is 13.2 Å². The third-order valence-electron chi connectivity index (χ3n) is 2.63. The molecule has 0 spiro atoms. The molecule has 0 aliphatic carbocycles. The van der Waals surface area contributed by atoms with E-state index in [1.54, 1.807) is 13.8 Å². The van der Waals surface area contributed by atoms with Crippen molar-refractivity contribution in [2.45, 2.75) is 13.8 Å².